The Hall–Kier alpha value is -2.05. The van der Waals surface area contributed by atoms with Crippen molar-refractivity contribution in [1.82, 2.24) is 0 Å². The zero-order valence-electron chi connectivity index (χ0n) is 27.2. The van der Waals surface area contributed by atoms with Gasteiger partial charge in [0, 0.05) is 14.7 Å². The zero-order valence-corrected chi connectivity index (χ0v) is 30.9. The third-order valence-corrected chi connectivity index (χ3v) is 23.2. The molecular weight excluding hydrogens is 609 g/mol. The average Bonchev–Trinajstić information content (AvgIpc) is 3.05. The van der Waals surface area contributed by atoms with E-state index < -0.39 is 37.1 Å². The predicted octanol–water partition coefficient (Wildman–Crippen LogP) is 10.8. The molecule has 0 amide bonds. The molecule has 0 aliphatic heterocycles. The predicted molar refractivity (Wildman–Crippen MR) is 187 cm³/mol. The van der Waals surface area contributed by atoms with Crippen LogP contribution in [0.3, 0.4) is 0 Å². The molecule has 9 heteroatoms. The second kappa shape index (κ2) is 15.8. The van der Waals surface area contributed by atoms with Gasteiger partial charge >= 0.3 is 0 Å². The molecule has 0 atom stereocenters. The summed E-state index contributed by atoms with van der Waals surface area (Å²) in [5, 5.41) is 0. The third-order valence-electron chi connectivity index (χ3n) is 8.87. The third kappa shape index (κ3) is 8.36. The van der Waals surface area contributed by atoms with Crippen molar-refractivity contribution in [1.29, 1.82) is 0 Å². The standard InChI is InChI=1S/C34H52O5S2Si2/c1-8-15-29-40(35,36)39-41(32-19-17-16-18-20-32,33-25-21-30(22-26-33)37-42(9-2,10-3)11-4)34-27-23-31(24-28-34)38-43(12-5,13-6)14-7/h16-28H,8-15,29H2,1-7H3. The van der Waals surface area contributed by atoms with Crippen LogP contribution in [-0.4, -0.2) is 30.8 Å². The smallest absolute Gasteiger partial charge is 0.277 e. The summed E-state index contributed by atoms with van der Waals surface area (Å²) in [7, 11) is -10.2. The van der Waals surface area contributed by atoms with Gasteiger partial charge in [0.2, 0.25) is 16.6 Å². The van der Waals surface area contributed by atoms with E-state index in [9.17, 15) is 8.42 Å². The van der Waals surface area contributed by atoms with E-state index in [0.29, 0.717) is 6.42 Å². The SMILES string of the molecule is CCCCS(=O)(=O)OS(c1ccccc1)(c1ccc(O[Si](CC)(CC)CC)cc1)c1ccc(O[Si](CC)(CC)CC)cc1. The largest absolute Gasteiger partial charge is 0.544 e. The van der Waals surface area contributed by atoms with Crippen molar-refractivity contribution in [3.63, 3.8) is 0 Å². The summed E-state index contributed by atoms with van der Waals surface area (Å²) in [4.78, 5) is 2.46. The Bertz CT molecular complexity index is 1270. The second-order valence-electron chi connectivity index (χ2n) is 11.2. The molecule has 5 nitrogen and oxygen atoms in total. The van der Waals surface area contributed by atoms with Gasteiger partial charge in [0.05, 0.1) is 5.75 Å². The van der Waals surface area contributed by atoms with Gasteiger partial charge in [-0.15, -0.1) is 0 Å². The Labute approximate surface area is 265 Å². The van der Waals surface area contributed by atoms with Crippen molar-refractivity contribution in [2.24, 2.45) is 0 Å². The molecule has 0 radical (unpaired) electrons. The molecule has 43 heavy (non-hydrogen) atoms. The number of benzene rings is 3. The van der Waals surface area contributed by atoms with Crippen molar-refractivity contribution < 1.29 is 20.9 Å². The summed E-state index contributed by atoms with van der Waals surface area (Å²) in [5.41, 5.74) is 0. The lowest BCUT2D eigenvalue weighted by molar-refractivity contribution is 0.505. The molecule has 3 aromatic rings. The lowest BCUT2D eigenvalue weighted by Crippen LogP contribution is -2.39. The van der Waals surface area contributed by atoms with Crippen molar-refractivity contribution in [3.8, 4) is 11.5 Å². The first-order chi connectivity index (χ1) is 20.6. The van der Waals surface area contributed by atoms with Crippen LogP contribution in [0.5, 0.6) is 11.5 Å². The van der Waals surface area contributed by atoms with E-state index in [-0.39, 0.29) is 5.75 Å². The lowest BCUT2D eigenvalue weighted by Gasteiger charge is -2.40. The fourth-order valence-electron chi connectivity index (χ4n) is 5.48. The molecule has 0 heterocycles. The Kier molecular flexibility index (Phi) is 13.0. The van der Waals surface area contributed by atoms with E-state index in [0.717, 1.165) is 68.9 Å². The van der Waals surface area contributed by atoms with Crippen LogP contribution in [0.4, 0.5) is 0 Å². The molecule has 0 bridgehead atoms. The summed E-state index contributed by atoms with van der Waals surface area (Å²) in [6.45, 7) is 15.3. The fraction of sp³-hybridized carbons (Fsp3) is 0.471. The van der Waals surface area contributed by atoms with Crippen LogP contribution >= 0.6 is 10.3 Å². The van der Waals surface area contributed by atoms with Crippen LogP contribution in [0.25, 0.3) is 0 Å². The van der Waals surface area contributed by atoms with Gasteiger partial charge in [0.15, 0.2) is 0 Å². The lowest BCUT2D eigenvalue weighted by atomic mass is 10.3. The number of unbranched alkanes of at least 4 members (excludes halogenated alkanes) is 1. The molecule has 3 rings (SSSR count). The minimum atomic E-state index is -3.86. The van der Waals surface area contributed by atoms with E-state index in [1.54, 1.807) is 0 Å². The van der Waals surface area contributed by atoms with Gasteiger partial charge in [-0.3, -0.25) is 0 Å². The number of hydrogen-bond donors (Lipinski definition) is 0. The van der Waals surface area contributed by atoms with Gasteiger partial charge in [-0.1, -0.05) is 73.1 Å². The molecule has 0 spiro atoms. The minimum absolute atomic E-state index is 0.0251. The molecular formula is C34H52O5S2Si2. The first-order valence-corrected chi connectivity index (χ1v) is 24.2. The maximum atomic E-state index is 13.6. The molecule has 0 saturated carbocycles. The van der Waals surface area contributed by atoms with Gasteiger partial charge in [0.1, 0.15) is 11.5 Å². The van der Waals surface area contributed by atoms with Gasteiger partial charge in [-0.25, -0.2) is 3.63 Å². The summed E-state index contributed by atoms with van der Waals surface area (Å²) >= 11 is 0. The maximum absolute atomic E-state index is 13.6. The molecule has 0 fully saturated rings. The first kappa shape index (κ1) is 35.4. The molecule has 0 saturated heterocycles. The van der Waals surface area contributed by atoms with Crippen LogP contribution in [0.1, 0.15) is 61.3 Å². The van der Waals surface area contributed by atoms with Crippen LogP contribution in [-0.2, 0) is 13.7 Å². The van der Waals surface area contributed by atoms with Crippen molar-refractivity contribution in [2.45, 2.75) is 112 Å². The average molecular weight is 661 g/mol. The second-order valence-corrected chi connectivity index (χ2v) is 25.2. The number of rotatable bonds is 18. The summed E-state index contributed by atoms with van der Waals surface area (Å²) in [6.07, 6.45) is 1.31. The Morgan fingerprint density at radius 3 is 1.26 bits per heavy atom. The summed E-state index contributed by atoms with van der Waals surface area (Å²) < 4.78 is 47.0. The van der Waals surface area contributed by atoms with Crippen molar-refractivity contribution in [2.75, 3.05) is 5.75 Å². The van der Waals surface area contributed by atoms with E-state index in [1.165, 1.54) is 0 Å². The Morgan fingerprint density at radius 2 is 0.907 bits per heavy atom. The van der Waals surface area contributed by atoms with E-state index in [1.807, 2.05) is 85.8 Å². The molecule has 0 N–H and O–H groups in total. The van der Waals surface area contributed by atoms with E-state index in [4.69, 9.17) is 12.5 Å². The Morgan fingerprint density at radius 1 is 0.535 bits per heavy atom. The van der Waals surface area contributed by atoms with E-state index in [2.05, 4.69) is 41.5 Å². The van der Waals surface area contributed by atoms with Crippen molar-refractivity contribution in [3.05, 3.63) is 78.9 Å². The van der Waals surface area contributed by atoms with Gasteiger partial charge in [-0.2, -0.15) is 8.42 Å². The van der Waals surface area contributed by atoms with E-state index >= 15 is 0 Å². The molecule has 0 aliphatic carbocycles. The quantitative estimate of drug-likeness (QED) is 0.127. The molecule has 3 aromatic carbocycles. The van der Waals surface area contributed by atoms with Crippen LogP contribution in [0.2, 0.25) is 36.3 Å². The summed E-state index contributed by atoms with van der Waals surface area (Å²) in [6, 6.07) is 32.1. The highest BCUT2D eigenvalue weighted by atomic mass is 32.3. The highest BCUT2D eigenvalue weighted by Gasteiger charge is 2.38. The number of hydrogen-bond acceptors (Lipinski definition) is 5. The highest BCUT2D eigenvalue weighted by Crippen LogP contribution is 2.70. The molecule has 0 aromatic heterocycles. The first-order valence-electron chi connectivity index (χ1n) is 16.0. The van der Waals surface area contributed by atoms with Crippen LogP contribution in [0.15, 0.2) is 93.5 Å². The van der Waals surface area contributed by atoms with Gasteiger partial charge in [-0.05, 0) is 114 Å². The van der Waals surface area contributed by atoms with Crippen LogP contribution in [0, 0.1) is 0 Å². The van der Waals surface area contributed by atoms with Gasteiger partial charge < -0.3 is 8.85 Å². The summed E-state index contributed by atoms with van der Waals surface area (Å²) in [5.74, 6) is 1.64. The van der Waals surface area contributed by atoms with Crippen LogP contribution < -0.4 is 8.85 Å². The minimum Gasteiger partial charge on any atom is -0.544 e. The molecule has 0 aliphatic rings. The monoisotopic (exact) mass is 660 g/mol. The highest BCUT2D eigenvalue weighted by molar-refractivity contribution is 8.33. The van der Waals surface area contributed by atoms with Gasteiger partial charge in [0.25, 0.3) is 10.1 Å². The fourth-order valence-corrected chi connectivity index (χ4v) is 16.1. The zero-order chi connectivity index (χ0) is 31.6. The normalized spacial score (nSPS) is 13.1. The Balaban J connectivity index is 2.21. The van der Waals surface area contributed by atoms with Crippen molar-refractivity contribution >= 4 is 37.1 Å². The molecule has 0 unspecified atom stereocenters. The maximum Gasteiger partial charge on any atom is 0.277 e. The topological polar surface area (TPSA) is 61.8 Å². The molecule has 238 valence electrons.